The van der Waals surface area contributed by atoms with Crippen molar-refractivity contribution in [2.75, 3.05) is 6.61 Å². The van der Waals surface area contributed by atoms with E-state index in [1.165, 1.54) is 11.1 Å². The predicted octanol–water partition coefficient (Wildman–Crippen LogP) is 1.29. The van der Waals surface area contributed by atoms with Gasteiger partial charge in [0.1, 0.15) is 5.75 Å². The summed E-state index contributed by atoms with van der Waals surface area (Å²) in [7, 11) is 0. The number of hydrogen-bond acceptors (Lipinski definition) is 3. The van der Waals surface area contributed by atoms with Crippen molar-refractivity contribution in [3.05, 3.63) is 29.3 Å². The van der Waals surface area contributed by atoms with Crippen molar-refractivity contribution in [1.82, 2.24) is 5.32 Å². The van der Waals surface area contributed by atoms with Crippen LogP contribution in [0.3, 0.4) is 0 Å². The number of fused-ring (bicyclic) bond motifs is 1. The fraction of sp³-hybridized carbons (Fsp3) is 0.500. The van der Waals surface area contributed by atoms with Gasteiger partial charge in [0.2, 0.25) is 0 Å². The van der Waals surface area contributed by atoms with Gasteiger partial charge in [-0.05, 0) is 48.9 Å². The Hall–Kier alpha value is -1.55. The van der Waals surface area contributed by atoms with E-state index in [4.69, 9.17) is 10.5 Å². The lowest BCUT2D eigenvalue weighted by molar-refractivity contribution is -0.123. The molecule has 2 aliphatic rings. The van der Waals surface area contributed by atoms with E-state index in [9.17, 15) is 4.79 Å². The highest BCUT2D eigenvalue weighted by atomic mass is 16.5. The minimum atomic E-state index is -0.0327. The van der Waals surface area contributed by atoms with Crippen LogP contribution >= 0.6 is 0 Å². The summed E-state index contributed by atoms with van der Waals surface area (Å²) in [6.07, 6.45) is 4.20. The van der Waals surface area contributed by atoms with Gasteiger partial charge < -0.3 is 15.8 Å². The summed E-state index contributed by atoms with van der Waals surface area (Å²) in [5.74, 6) is 0.725. The fourth-order valence-corrected chi connectivity index (χ4v) is 2.36. The molecule has 3 rings (SSSR count). The first kappa shape index (κ1) is 11.5. The monoisotopic (exact) mass is 246 g/mol. The molecular weight excluding hydrogens is 228 g/mol. The Morgan fingerprint density at radius 2 is 2.22 bits per heavy atom. The van der Waals surface area contributed by atoms with Gasteiger partial charge in [-0.3, -0.25) is 4.79 Å². The summed E-state index contributed by atoms with van der Waals surface area (Å²) in [6, 6.07) is 6.47. The molecule has 3 N–H and O–H groups in total. The second-order valence-electron chi connectivity index (χ2n) is 5.14. The molecular formula is C14H18N2O2. The molecule has 0 aromatic heterocycles. The first-order chi connectivity index (χ1) is 8.72. The lowest BCUT2D eigenvalue weighted by Gasteiger charge is -2.09. The van der Waals surface area contributed by atoms with Crippen LogP contribution in [0.1, 0.15) is 36.4 Å². The normalized spacial score (nSPS) is 21.5. The topological polar surface area (TPSA) is 64.3 Å². The Morgan fingerprint density at radius 3 is 3.00 bits per heavy atom. The van der Waals surface area contributed by atoms with Gasteiger partial charge in [0.15, 0.2) is 6.61 Å². The molecule has 0 heterocycles. The molecule has 0 saturated heterocycles. The Labute approximate surface area is 107 Å². The number of rotatable bonds is 4. The van der Waals surface area contributed by atoms with Crippen LogP contribution < -0.4 is 15.8 Å². The van der Waals surface area contributed by atoms with Crippen molar-refractivity contribution in [2.24, 2.45) is 5.73 Å². The van der Waals surface area contributed by atoms with Crippen molar-refractivity contribution >= 4 is 5.91 Å². The average molecular weight is 246 g/mol. The molecule has 1 atom stereocenters. The van der Waals surface area contributed by atoms with Crippen molar-refractivity contribution < 1.29 is 9.53 Å². The minimum absolute atomic E-state index is 0.0327. The van der Waals surface area contributed by atoms with Gasteiger partial charge in [0, 0.05) is 12.1 Å². The minimum Gasteiger partial charge on any atom is -0.484 e. The molecule has 96 valence electrons. The summed E-state index contributed by atoms with van der Waals surface area (Å²) in [5.41, 5.74) is 8.44. The zero-order valence-electron chi connectivity index (χ0n) is 10.3. The zero-order chi connectivity index (χ0) is 12.5. The number of carbonyl (C=O) groups is 1. The van der Waals surface area contributed by atoms with Crippen LogP contribution in [0.5, 0.6) is 5.75 Å². The molecule has 4 heteroatoms. The summed E-state index contributed by atoms with van der Waals surface area (Å²) >= 11 is 0. The van der Waals surface area contributed by atoms with Gasteiger partial charge in [-0.2, -0.15) is 0 Å². The number of carbonyl (C=O) groups excluding carboxylic acids is 1. The van der Waals surface area contributed by atoms with Gasteiger partial charge in [0.25, 0.3) is 5.91 Å². The Balaban J connectivity index is 1.58. The van der Waals surface area contributed by atoms with E-state index in [0.717, 1.165) is 31.4 Å². The Morgan fingerprint density at radius 1 is 1.39 bits per heavy atom. The van der Waals surface area contributed by atoms with Crippen LogP contribution in [0, 0.1) is 0 Å². The molecule has 4 nitrogen and oxygen atoms in total. The van der Waals surface area contributed by atoms with E-state index < -0.39 is 0 Å². The summed E-state index contributed by atoms with van der Waals surface area (Å²) in [6.45, 7) is 0.0986. The number of benzene rings is 1. The predicted molar refractivity (Wildman–Crippen MR) is 68.4 cm³/mol. The second-order valence-corrected chi connectivity index (χ2v) is 5.14. The van der Waals surface area contributed by atoms with E-state index in [2.05, 4.69) is 5.32 Å². The molecule has 0 bridgehead atoms. The molecule has 0 radical (unpaired) electrons. The first-order valence-electron chi connectivity index (χ1n) is 6.53. The Kier molecular flexibility index (Phi) is 2.96. The number of amides is 1. The quantitative estimate of drug-likeness (QED) is 0.841. The second kappa shape index (κ2) is 4.61. The Bertz CT molecular complexity index is 469. The molecule has 1 amide bonds. The lowest BCUT2D eigenvalue weighted by atomic mass is 10.1. The number of nitrogens with two attached hydrogens (primary N) is 1. The van der Waals surface area contributed by atoms with Gasteiger partial charge in [-0.1, -0.05) is 6.07 Å². The van der Waals surface area contributed by atoms with Gasteiger partial charge >= 0.3 is 0 Å². The number of hydrogen-bond donors (Lipinski definition) is 2. The number of aryl methyl sites for hydroxylation is 1. The van der Waals surface area contributed by atoms with Crippen molar-refractivity contribution in [1.29, 1.82) is 0 Å². The van der Waals surface area contributed by atoms with E-state index in [-0.39, 0.29) is 18.6 Å². The van der Waals surface area contributed by atoms with Crippen LogP contribution in [0.4, 0.5) is 0 Å². The van der Waals surface area contributed by atoms with E-state index in [1.807, 2.05) is 18.2 Å². The molecule has 0 spiro atoms. The SMILES string of the molecule is NC1CCc2cc(OCC(=O)NC3CC3)ccc21. The third-order valence-electron chi connectivity index (χ3n) is 3.55. The molecule has 1 aromatic carbocycles. The van der Waals surface area contributed by atoms with Crippen molar-refractivity contribution in [2.45, 2.75) is 37.8 Å². The van der Waals surface area contributed by atoms with Gasteiger partial charge in [0.05, 0.1) is 0 Å². The van der Waals surface area contributed by atoms with Crippen LogP contribution in [-0.2, 0) is 11.2 Å². The lowest BCUT2D eigenvalue weighted by Crippen LogP contribution is -2.30. The van der Waals surface area contributed by atoms with Gasteiger partial charge in [-0.25, -0.2) is 0 Å². The molecule has 1 aromatic rings. The highest BCUT2D eigenvalue weighted by molar-refractivity contribution is 5.78. The smallest absolute Gasteiger partial charge is 0.258 e. The molecule has 2 aliphatic carbocycles. The third kappa shape index (κ3) is 2.48. The maximum Gasteiger partial charge on any atom is 0.258 e. The van der Waals surface area contributed by atoms with Crippen molar-refractivity contribution in [3.63, 3.8) is 0 Å². The molecule has 1 unspecified atom stereocenters. The fourth-order valence-electron chi connectivity index (χ4n) is 2.36. The molecule has 18 heavy (non-hydrogen) atoms. The van der Waals surface area contributed by atoms with E-state index in [0.29, 0.717) is 6.04 Å². The van der Waals surface area contributed by atoms with Crippen LogP contribution in [0.15, 0.2) is 18.2 Å². The van der Waals surface area contributed by atoms with Crippen molar-refractivity contribution in [3.8, 4) is 5.75 Å². The van der Waals surface area contributed by atoms with Crippen LogP contribution in [0.25, 0.3) is 0 Å². The molecule has 0 aliphatic heterocycles. The zero-order valence-corrected chi connectivity index (χ0v) is 10.3. The summed E-state index contributed by atoms with van der Waals surface area (Å²) in [5, 5.41) is 2.90. The number of ether oxygens (including phenoxy) is 1. The number of nitrogens with one attached hydrogen (secondary N) is 1. The summed E-state index contributed by atoms with van der Waals surface area (Å²) < 4.78 is 5.50. The maximum absolute atomic E-state index is 11.5. The maximum atomic E-state index is 11.5. The van der Waals surface area contributed by atoms with Crippen LogP contribution in [-0.4, -0.2) is 18.6 Å². The largest absolute Gasteiger partial charge is 0.484 e. The summed E-state index contributed by atoms with van der Waals surface area (Å²) in [4.78, 5) is 11.5. The molecule has 1 fully saturated rings. The van der Waals surface area contributed by atoms with Crippen LogP contribution in [0.2, 0.25) is 0 Å². The standard InChI is InChI=1S/C14H18N2O2/c15-13-6-1-9-7-11(4-5-12(9)13)18-8-14(17)16-10-2-3-10/h4-5,7,10,13H,1-3,6,8,15H2,(H,16,17). The highest BCUT2D eigenvalue weighted by Gasteiger charge is 2.23. The van der Waals surface area contributed by atoms with Gasteiger partial charge in [-0.15, -0.1) is 0 Å². The molecule has 1 saturated carbocycles. The third-order valence-corrected chi connectivity index (χ3v) is 3.55. The first-order valence-corrected chi connectivity index (χ1v) is 6.53. The van der Waals surface area contributed by atoms with E-state index >= 15 is 0 Å². The average Bonchev–Trinajstić information content (AvgIpc) is 3.10. The van der Waals surface area contributed by atoms with E-state index in [1.54, 1.807) is 0 Å². The highest BCUT2D eigenvalue weighted by Crippen LogP contribution is 2.31.